The van der Waals surface area contributed by atoms with Crippen LogP contribution in [0.1, 0.15) is 44.7 Å². The molecule has 0 aromatic heterocycles. The van der Waals surface area contributed by atoms with E-state index in [2.05, 4.69) is 6.07 Å². The fourth-order valence-corrected chi connectivity index (χ4v) is 3.70. The van der Waals surface area contributed by atoms with Crippen LogP contribution in [0.25, 0.3) is 0 Å². The number of fused-ring (bicyclic) bond motifs is 2. The van der Waals surface area contributed by atoms with Crippen molar-refractivity contribution in [3.63, 3.8) is 0 Å². The Hall–Kier alpha value is -2.10. The van der Waals surface area contributed by atoms with Gasteiger partial charge in [0.15, 0.2) is 0 Å². The minimum atomic E-state index is -1.08. The zero-order valence-corrected chi connectivity index (χ0v) is 14.9. The zero-order valence-electron chi connectivity index (χ0n) is 14.9. The van der Waals surface area contributed by atoms with Crippen LogP contribution in [-0.4, -0.2) is 47.0 Å². The molecule has 0 saturated carbocycles. The molecule has 0 aliphatic carbocycles. The number of hydrogen-bond acceptors (Lipinski definition) is 5. The maximum atomic E-state index is 12.6. The summed E-state index contributed by atoms with van der Waals surface area (Å²) in [6.07, 6.45) is 0.355. The number of carbonyl (C=O) groups excluding carboxylic acids is 1. The summed E-state index contributed by atoms with van der Waals surface area (Å²) in [6, 6.07) is 8.65. The molecule has 2 aliphatic rings. The molecular formula is C19H24N2O4. The normalized spacial score (nSPS) is 29.0. The highest BCUT2D eigenvalue weighted by atomic mass is 16.6. The Kier molecular flexibility index (Phi) is 4.48. The van der Waals surface area contributed by atoms with E-state index >= 15 is 0 Å². The van der Waals surface area contributed by atoms with Crippen LogP contribution in [-0.2, 0) is 15.1 Å². The van der Waals surface area contributed by atoms with E-state index < -0.39 is 11.2 Å². The molecule has 2 unspecified atom stereocenters. The van der Waals surface area contributed by atoms with Gasteiger partial charge in [0.1, 0.15) is 5.60 Å². The number of amides is 1. The Morgan fingerprint density at radius 3 is 2.56 bits per heavy atom. The van der Waals surface area contributed by atoms with E-state index in [1.807, 2.05) is 26.8 Å². The van der Waals surface area contributed by atoms with Gasteiger partial charge in [-0.05, 0) is 38.5 Å². The molecule has 134 valence electrons. The first-order chi connectivity index (χ1) is 11.7. The van der Waals surface area contributed by atoms with Gasteiger partial charge in [-0.3, -0.25) is 4.90 Å². The SMILES string of the molecule is CC(C)(C)OC(=O)N1C2COCC1CC(O)(c1cccc(C#N)c1)C2. The lowest BCUT2D eigenvalue weighted by atomic mass is 9.76. The molecule has 0 radical (unpaired) electrons. The maximum Gasteiger partial charge on any atom is 0.410 e. The molecule has 0 spiro atoms. The molecule has 1 amide bonds. The standard InChI is InChI=1S/C19H24N2O4/c1-18(2,3)25-17(22)21-15-8-19(23,9-16(21)12-24-11-15)14-6-4-5-13(7-14)10-20/h4-7,15-16,23H,8-9,11-12H2,1-3H3. The van der Waals surface area contributed by atoms with Crippen LogP contribution in [0.15, 0.2) is 24.3 Å². The van der Waals surface area contributed by atoms with Crippen LogP contribution in [0.4, 0.5) is 4.79 Å². The van der Waals surface area contributed by atoms with E-state index in [9.17, 15) is 9.90 Å². The number of carbonyl (C=O) groups is 1. The molecule has 1 aromatic carbocycles. The predicted molar refractivity (Wildman–Crippen MR) is 90.8 cm³/mol. The van der Waals surface area contributed by atoms with Crippen molar-refractivity contribution in [3.8, 4) is 6.07 Å². The Bertz CT molecular complexity index is 690. The monoisotopic (exact) mass is 344 g/mol. The van der Waals surface area contributed by atoms with Crippen molar-refractivity contribution in [1.29, 1.82) is 5.26 Å². The van der Waals surface area contributed by atoms with Crippen LogP contribution < -0.4 is 0 Å². The quantitative estimate of drug-likeness (QED) is 0.846. The van der Waals surface area contributed by atoms with E-state index in [1.54, 1.807) is 23.1 Å². The molecule has 2 fully saturated rings. The smallest absolute Gasteiger partial charge is 0.410 e. The van der Waals surface area contributed by atoms with Crippen molar-refractivity contribution in [2.75, 3.05) is 13.2 Å². The lowest BCUT2D eigenvalue weighted by Crippen LogP contribution is -2.63. The van der Waals surface area contributed by atoms with Crippen LogP contribution in [0.3, 0.4) is 0 Å². The molecule has 1 aromatic rings. The molecule has 2 aliphatic heterocycles. The molecule has 2 saturated heterocycles. The summed E-state index contributed by atoms with van der Waals surface area (Å²) < 4.78 is 11.1. The third-order valence-electron chi connectivity index (χ3n) is 4.69. The van der Waals surface area contributed by atoms with Crippen molar-refractivity contribution in [2.45, 2.75) is 56.9 Å². The highest BCUT2D eigenvalue weighted by molar-refractivity contribution is 5.69. The van der Waals surface area contributed by atoms with Crippen molar-refractivity contribution in [3.05, 3.63) is 35.4 Å². The summed E-state index contributed by atoms with van der Waals surface area (Å²) in [5.74, 6) is 0. The van der Waals surface area contributed by atoms with Crippen molar-refractivity contribution >= 4 is 6.09 Å². The van der Waals surface area contributed by atoms with Gasteiger partial charge in [-0.15, -0.1) is 0 Å². The number of aliphatic hydroxyl groups is 1. The van der Waals surface area contributed by atoms with Crippen molar-refractivity contribution < 1.29 is 19.4 Å². The van der Waals surface area contributed by atoms with E-state index in [0.717, 1.165) is 0 Å². The van der Waals surface area contributed by atoms with Gasteiger partial charge in [0, 0.05) is 12.8 Å². The van der Waals surface area contributed by atoms with Gasteiger partial charge in [-0.1, -0.05) is 12.1 Å². The Morgan fingerprint density at radius 1 is 1.36 bits per heavy atom. The average molecular weight is 344 g/mol. The molecule has 2 atom stereocenters. The third-order valence-corrected chi connectivity index (χ3v) is 4.69. The molecular weight excluding hydrogens is 320 g/mol. The minimum Gasteiger partial charge on any atom is -0.444 e. The molecule has 25 heavy (non-hydrogen) atoms. The Labute approximate surface area is 147 Å². The number of benzene rings is 1. The number of piperidine rings is 1. The Morgan fingerprint density at radius 2 is 2.00 bits per heavy atom. The molecule has 1 N–H and O–H groups in total. The predicted octanol–water partition coefficient (Wildman–Crippen LogP) is 2.54. The van der Waals surface area contributed by atoms with Gasteiger partial charge >= 0.3 is 6.09 Å². The minimum absolute atomic E-state index is 0.252. The summed E-state index contributed by atoms with van der Waals surface area (Å²) in [7, 11) is 0. The molecule has 6 heteroatoms. The molecule has 2 heterocycles. The Balaban J connectivity index is 1.85. The first-order valence-corrected chi connectivity index (χ1v) is 8.54. The van der Waals surface area contributed by atoms with Gasteiger partial charge in [0.25, 0.3) is 0 Å². The zero-order chi connectivity index (χ0) is 18.2. The molecule has 2 bridgehead atoms. The van der Waals surface area contributed by atoms with E-state index in [0.29, 0.717) is 37.2 Å². The fraction of sp³-hybridized carbons (Fsp3) is 0.579. The number of ether oxygens (including phenoxy) is 2. The largest absolute Gasteiger partial charge is 0.444 e. The second-order valence-electron chi connectivity index (χ2n) is 7.87. The van der Waals surface area contributed by atoms with Gasteiger partial charge in [0.05, 0.1) is 42.5 Å². The van der Waals surface area contributed by atoms with Crippen molar-refractivity contribution in [2.24, 2.45) is 0 Å². The number of rotatable bonds is 1. The summed E-state index contributed by atoms with van der Waals surface area (Å²) in [5.41, 5.74) is -0.416. The fourth-order valence-electron chi connectivity index (χ4n) is 3.70. The van der Waals surface area contributed by atoms with E-state index in [4.69, 9.17) is 14.7 Å². The first kappa shape index (κ1) is 17.7. The van der Waals surface area contributed by atoms with Crippen LogP contribution in [0.2, 0.25) is 0 Å². The highest BCUT2D eigenvalue weighted by Crippen LogP contribution is 2.41. The van der Waals surface area contributed by atoms with Crippen LogP contribution in [0.5, 0.6) is 0 Å². The third kappa shape index (κ3) is 3.63. The lowest BCUT2D eigenvalue weighted by molar-refractivity contribution is -0.141. The summed E-state index contributed by atoms with van der Waals surface area (Å²) in [4.78, 5) is 14.3. The molecule has 6 nitrogen and oxygen atoms in total. The van der Waals surface area contributed by atoms with Crippen LogP contribution in [0, 0.1) is 11.3 Å². The van der Waals surface area contributed by atoms with E-state index in [-0.39, 0.29) is 18.2 Å². The lowest BCUT2D eigenvalue weighted by Gasteiger charge is -2.51. The van der Waals surface area contributed by atoms with Crippen LogP contribution >= 0.6 is 0 Å². The maximum absolute atomic E-state index is 12.6. The number of nitriles is 1. The van der Waals surface area contributed by atoms with E-state index in [1.165, 1.54) is 0 Å². The number of morpholine rings is 1. The van der Waals surface area contributed by atoms with Gasteiger partial charge in [-0.25, -0.2) is 4.79 Å². The summed E-state index contributed by atoms with van der Waals surface area (Å²) in [5, 5.41) is 20.4. The van der Waals surface area contributed by atoms with Gasteiger partial charge in [0.2, 0.25) is 0 Å². The summed E-state index contributed by atoms with van der Waals surface area (Å²) >= 11 is 0. The van der Waals surface area contributed by atoms with Crippen molar-refractivity contribution in [1.82, 2.24) is 4.90 Å². The van der Waals surface area contributed by atoms with Gasteiger partial charge in [-0.2, -0.15) is 5.26 Å². The number of nitrogens with zero attached hydrogens (tertiary/aromatic N) is 2. The molecule has 3 rings (SSSR count). The second kappa shape index (κ2) is 6.32. The second-order valence-corrected chi connectivity index (χ2v) is 7.87. The van der Waals surface area contributed by atoms with Gasteiger partial charge < -0.3 is 14.6 Å². The summed E-state index contributed by atoms with van der Waals surface area (Å²) in [6.45, 7) is 6.26. The number of hydrogen-bond donors (Lipinski definition) is 1. The first-order valence-electron chi connectivity index (χ1n) is 8.54. The highest BCUT2D eigenvalue weighted by Gasteiger charge is 2.49. The topological polar surface area (TPSA) is 82.8 Å². The average Bonchev–Trinajstić information content (AvgIpc) is 2.52.